The second-order valence-electron chi connectivity index (χ2n) is 4.73. The Labute approximate surface area is 134 Å². The molecule has 0 fully saturated rings. The average molecular weight is 321 g/mol. The first-order valence-corrected chi connectivity index (χ1v) is 6.83. The van der Waals surface area contributed by atoms with E-state index in [2.05, 4.69) is 14.8 Å². The molecule has 23 heavy (non-hydrogen) atoms. The third kappa shape index (κ3) is 5.82. The number of hydrogen-bond acceptors (Lipinski definition) is 7. The first-order valence-electron chi connectivity index (χ1n) is 6.83. The Morgan fingerprint density at radius 1 is 1.13 bits per heavy atom. The molecular weight excluding hydrogens is 302 g/mol. The molecule has 0 amide bonds. The van der Waals surface area contributed by atoms with Gasteiger partial charge in [-0.15, -0.1) is 0 Å². The molecule has 0 atom stereocenters. The number of hydrogen-bond donors (Lipinski definition) is 1. The molecule has 0 aromatic heterocycles. The van der Waals surface area contributed by atoms with Crippen LogP contribution in [0.2, 0.25) is 0 Å². The van der Waals surface area contributed by atoms with Crippen molar-refractivity contribution in [1.82, 2.24) is 0 Å². The molecule has 7 nitrogen and oxygen atoms in total. The Morgan fingerprint density at radius 2 is 1.83 bits per heavy atom. The van der Waals surface area contributed by atoms with Crippen molar-refractivity contribution in [2.45, 2.75) is 20.0 Å². The summed E-state index contributed by atoms with van der Waals surface area (Å²) in [6, 6.07) is 6.32. The van der Waals surface area contributed by atoms with E-state index in [1.54, 1.807) is 32.0 Å². The topological polar surface area (TPSA) is 90.9 Å². The Kier molecular flexibility index (Phi) is 6.79. The SMILES string of the molecule is COC(=O)/C=C(/Nc1cccc(C(=O)OC(C)C)c1)C(=O)OC. The molecule has 1 aromatic carbocycles. The van der Waals surface area contributed by atoms with Crippen molar-refractivity contribution < 1.29 is 28.6 Å². The quantitative estimate of drug-likeness (QED) is 0.486. The summed E-state index contributed by atoms with van der Waals surface area (Å²) >= 11 is 0. The molecule has 0 radical (unpaired) electrons. The molecule has 0 aliphatic heterocycles. The first-order chi connectivity index (χ1) is 10.9. The Hall–Kier alpha value is -2.83. The monoisotopic (exact) mass is 321 g/mol. The summed E-state index contributed by atoms with van der Waals surface area (Å²) in [5, 5.41) is 2.72. The van der Waals surface area contributed by atoms with Crippen molar-refractivity contribution in [3.05, 3.63) is 41.6 Å². The fourth-order valence-electron chi connectivity index (χ4n) is 1.59. The van der Waals surface area contributed by atoms with Crippen LogP contribution in [-0.4, -0.2) is 38.2 Å². The smallest absolute Gasteiger partial charge is 0.354 e. The molecule has 0 aliphatic rings. The summed E-state index contributed by atoms with van der Waals surface area (Å²) in [6.07, 6.45) is 0.717. The average Bonchev–Trinajstić information content (AvgIpc) is 2.52. The second kappa shape index (κ2) is 8.57. The number of rotatable bonds is 6. The largest absolute Gasteiger partial charge is 0.466 e. The van der Waals surface area contributed by atoms with E-state index in [-0.39, 0.29) is 11.8 Å². The van der Waals surface area contributed by atoms with Gasteiger partial charge in [0.1, 0.15) is 5.70 Å². The van der Waals surface area contributed by atoms with Gasteiger partial charge >= 0.3 is 17.9 Å². The molecule has 7 heteroatoms. The van der Waals surface area contributed by atoms with Crippen LogP contribution >= 0.6 is 0 Å². The number of carbonyl (C=O) groups is 3. The Balaban J connectivity index is 3.01. The molecule has 0 saturated carbocycles. The highest BCUT2D eigenvalue weighted by atomic mass is 16.5. The van der Waals surface area contributed by atoms with Crippen LogP contribution in [0.5, 0.6) is 0 Å². The molecule has 0 saturated heterocycles. The number of esters is 3. The Morgan fingerprint density at radius 3 is 2.39 bits per heavy atom. The van der Waals surface area contributed by atoms with Crippen LogP contribution in [0.25, 0.3) is 0 Å². The molecule has 0 bridgehead atoms. The molecule has 1 aromatic rings. The molecule has 0 heterocycles. The summed E-state index contributed by atoms with van der Waals surface area (Å²) in [4.78, 5) is 34.9. The summed E-state index contributed by atoms with van der Waals surface area (Å²) in [6.45, 7) is 3.49. The van der Waals surface area contributed by atoms with Crippen LogP contribution in [0.3, 0.4) is 0 Å². The summed E-state index contributed by atoms with van der Waals surface area (Å²) < 4.78 is 14.2. The zero-order valence-electron chi connectivity index (χ0n) is 13.4. The van der Waals surface area contributed by atoms with Gasteiger partial charge in [-0.3, -0.25) is 0 Å². The highest BCUT2D eigenvalue weighted by Gasteiger charge is 2.14. The van der Waals surface area contributed by atoms with Crippen molar-refractivity contribution >= 4 is 23.6 Å². The predicted molar refractivity (Wildman–Crippen MR) is 82.7 cm³/mol. The van der Waals surface area contributed by atoms with Gasteiger partial charge in [0.05, 0.1) is 32.0 Å². The predicted octanol–water partition coefficient (Wildman–Crippen LogP) is 1.89. The molecule has 0 unspecified atom stereocenters. The maximum Gasteiger partial charge on any atom is 0.354 e. The summed E-state index contributed by atoms with van der Waals surface area (Å²) in [5.74, 6) is -1.95. The van der Waals surface area contributed by atoms with E-state index >= 15 is 0 Å². The van der Waals surface area contributed by atoms with E-state index < -0.39 is 17.9 Å². The number of methoxy groups -OCH3 is 2. The van der Waals surface area contributed by atoms with Crippen molar-refractivity contribution in [3.8, 4) is 0 Å². The first kappa shape index (κ1) is 18.2. The van der Waals surface area contributed by atoms with Crippen molar-refractivity contribution in [3.63, 3.8) is 0 Å². The lowest BCUT2D eigenvalue weighted by atomic mass is 10.2. The van der Waals surface area contributed by atoms with Crippen molar-refractivity contribution in [2.75, 3.05) is 19.5 Å². The minimum atomic E-state index is -0.745. The zero-order valence-corrected chi connectivity index (χ0v) is 13.4. The molecule has 124 valence electrons. The van der Waals surface area contributed by atoms with Crippen LogP contribution in [-0.2, 0) is 23.8 Å². The maximum absolute atomic E-state index is 11.9. The van der Waals surface area contributed by atoms with E-state index in [4.69, 9.17) is 4.74 Å². The van der Waals surface area contributed by atoms with Crippen LogP contribution in [0.1, 0.15) is 24.2 Å². The minimum Gasteiger partial charge on any atom is -0.466 e. The summed E-state index contributed by atoms with van der Waals surface area (Å²) in [7, 11) is 2.38. The zero-order chi connectivity index (χ0) is 17.4. The van der Waals surface area contributed by atoms with E-state index in [0.29, 0.717) is 11.3 Å². The third-order valence-electron chi connectivity index (χ3n) is 2.59. The maximum atomic E-state index is 11.9. The lowest BCUT2D eigenvalue weighted by Gasteiger charge is -2.11. The highest BCUT2D eigenvalue weighted by molar-refractivity contribution is 5.99. The minimum absolute atomic E-state index is 0.117. The number of carbonyl (C=O) groups excluding carboxylic acids is 3. The number of nitrogens with one attached hydrogen (secondary N) is 1. The van der Waals surface area contributed by atoms with Crippen LogP contribution < -0.4 is 5.32 Å². The number of ether oxygens (including phenoxy) is 3. The third-order valence-corrected chi connectivity index (χ3v) is 2.59. The van der Waals surface area contributed by atoms with Gasteiger partial charge in [0.25, 0.3) is 0 Å². The van der Waals surface area contributed by atoms with Gasteiger partial charge in [-0.2, -0.15) is 0 Å². The number of benzene rings is 1. The van der Waals surface area contributed by atoms with Crippen LogP contribution in [0.15, 0.2) is 36.0 Å². The fraction of sp³-hybridized carbons (Fsp3) is 0.312. The van der Waals surface area contributed by atoms with Gasteiger partial charge in [-0.25, -0.2) is 14.4 Å². The summed E-state index contributed by atoms with van der Waals surface area (Å²) in [5.41, 5.74) is 0.614. The van der Waals surface area contributed by atoms with Gasteiger partial charge in [0.2, 0.25) is 0 Å². The molecule has 1 N–H and O–H groups in total. The van der Waals surface area contributed by atoms with Gasteiger partial charge in [0.15, 0.2) is 0 Å². The van der Waals surface area contributed by atoms with Gasteiger partial charge in [-0.05, 0) is 32.0 Å². The van der Waals surface area contributed by atoms with Gasteiger partial charge in [-0.1, -0.05) is 6.07 Å². The highest BCUT2D eigenvalue weighted by Crippen LogP contribution is 2.15. The normalized spacial score (nSPS) is 10.9. The lowest BCUT2D eigenvalue weighted by Crippen LogP contribution is -2.16. The van der Waals surface area contributed by atoms with E-state index in [9.17, 15) is 14.4 Å². The van der Waals surface area contributed by atoms with Crippen molar-refractivity contribution in [2.24, 2.45) is 0 Å². The van der Waals surface area contributed by atoms with Gasteiger partial charge < -0.3 is 19.5 Å². The number of anilines is 1. The fourth-order valence-corrected chi connectivity index (χ4v) is 1.59. The molecular formula is C16H19NO6. The van der Waals surface area contributed by atoms with Crippen LogP contribution in [0.4, 0.5) is 5.69 Å². The standard InChI is InChI=1S/C16H19NO6/c1-10(2)23-15(19)11-6-5-7-12(8-11)17-13(16(20)22-4)9-14(18)21-3/h5-10,17H,1-4H3/b13-9+. The van der Waals surface area contributed by atoms with Gasteiger partial charge in [0, 0.05) is 5.69 Å². The Bertz CT molecular complexity index is 621. The van der Waals surface area contributed by atoms with E-state index in [1.807, 2.05) is 0 Å². The second-order valence-corrected chi connectivity index (χ2v) is 4.73. The van der Waals surface area contributed by atoms with E-state index in [0.717, 1.165) is 6.08 Å². The lowest BCUT2D eigenvalue weighted by molar-refractivity contribution is -0.138. The molecule has 1 rings (SSSR count). The van der Waals surface area contributed by atoms with Crippen molar-refractivity contribution in [1.29, 1.82) is 0 Å². The molecule has 0 spiro atoms. The van der Waals surface area contributed by atoms with E-state index in [1.165, 1.54) is 20.3 Å². The van der Waals surface area contributed by atoms with Crippen LogP contribution in [0, 0.1) is 0 Å². The molecule has 0 aliphatic carbocycles.